The standard InChI is InChI=1S/C23H47O9P/c1-2-3-4-5-6-7-8-9-10-11-12-13-14-15-16-23(27)30-18-22(26)20-32-33(28,29)31-19-21(25)17-24/h21-22,24-26H,2-20H2,1H3,(H,28,29)/t21-,22+/m0/s1. The van der Waals surface area contributed by atoms with Crippen LogP contribution >= 0.6 is 7.82 Å². The van der Waals surface area contributed by atoms with Crippen LogP contribution in [-0.4, -0.2) is 64.8 Å². The molecule has 198 valence electrons. The molecule has 0 aliphatic carbocycles. The van der Waals surface area contributed by atoms with Gasteiger partial charge in [-0.1, -0.05) is 90.4 Å². The lowest BCUT2D eigenvalue weighted by Gasteiger charge is -2.16. The van der Waals surface area contributed by atoms with E-state index < -0.39 is 45.8 Å². The van der Waals surface area contributed by atoms with Gasteiger partial charge in [0.15, 0.2) is 0 Å². The number of hydrogen-bond donors (Lipinski definition) is 4. The summed E-state index contributed by atoms with van der Waals surface area (Å²) in [5.74, 6) is -0.428. The van der Waals surface area contributed by atoms with E-state index in [9.17, 15) is 19.4 Å². The monoisotopic (exact) mass is 498 g/mol. The summed E-state index contributed by atoms with van der Waals surface area (Å²) in [6, 6.07) is 0. The van der Waals surface area contributed by atoms with Gasteiger partial charge in [0.2, 0.25) is 0 Å². The van der Waals surface area contributed by atoms with E-state index in [0.29, 0.717) is 0 Å². The smallest absolute Gasteiger partial charge is 0.463 e. The SMILES string of the molecule is CCCCCCCCCCCCCCCCC(=O)OC[C@@H](O)COP(=O)(O)OC[C@@H](O)CO. The third-order valence-electron chi connectivity index (χ3n) is 5.24. The van der Waals surface area contributed by atoms with Crippen molar-refractivity contribution in [2.75, 3.05) is 26.4 Å². The molecule has 0 heterocycles. The molecule has 0 saturated heterocycles. The highest BCUT2D eigenvalue weighted by atomic mass is 31.2. The molecule has 1 unspecified atom stereocenters. The van der Waals surface area contributed by atoms with E-state index in [4.69, 9.17) is 14.9 Å². The predicted octanol–water partition coefficient (Wildman–Crippen LogP) is 4.25. The van der Waals surface area contributed by atoms with Crippen LogP contribution in [0.5, 0.6) is 0 Å². The van der Waals surface area contributed by atoms with Crippen molar-refractivity contribution in [3.63, 3.8) is 0 Å². The molecule has 0 spiro atoms. The molecule has 0 aromatic carbocycles. The summed E-state index contributed by atoms with van der Waals surface area (Å²) in [7, 11) is -4.48. The maximum atomic E-state index is 11.7. The average Bonchev–Trinajstić information content (AvgIpc) is 2.80. The van der Waals surface area contributed by atoms with E-state index in [2.05, 4.69) is 16.0 Å². The number of ether oxygens (including phenoxy) is 1. The van der Waals surface area contributed by atoms with Gasteiger partial charge in [0, 0.05) is 6.42 Å². The van der Waals surface area contributed by atoms with Crippen LogP contribution in [-0.2, 0) is 23.1 Å². The number of phosphoric ester groups is 1. The molecule has 0 radical (unpaired) electrons. The topological polar surface area (TPSA) is 143 Å². The number of aliphatic hydroxyl groups is 3. The molecule has 0 aliphatic rings. The van der Waals surface area contributed by atoms with Gasteiger partial charge in [-0.05, 0) is 6.42 Å². The zero-order valence-corrected chi connectivity index (χ0v) is 21.3. The Morgan fingerprint density at radius 3 is 1.61 bits per heavy atom. The van der Waals surface area contributed by atoms with Crippen LogP contribution in [0.25, 0.3) is 0 Å². The largest absolute Gasteiger partial charge is 0.472 e. The minimum Gasteiger partial charge on any atom is -0.463 e. The number of carbonyl (C=O) groups excluding carboxylic acids is 1. The van der Waals surface area contributed by atoms with Gasteiger partial charge >= 0.3 is 13.8 Å². The van der Waals surface area contributed by atoms with Crippen LogP contribution in [0.1, 0.15) is 103 Å². The van der Waals surface area contributed by atoms with Crippen LogP contribution in [0, 0.1) is 0 Å². The van der Waals surface area contributed by atoms with E-state index in [1.807, 2.05) is 0 Å². The van der Waals surface area contributed by atoms with Crippen LogP contribution in [0.3, 0.4) is 0 Å². The summed E-state index contributed by atoms with van der Waals surface area (Å²) in [5, 5.41) is 27.4. The van der Waals surface area contributed by atoms with Gasteiger partial charge in [0.1, 0.15) is 18.8 Å². The van der Waals surface area contributed by atoms with E-state index in [1.54, 1.807) is 0 Å². The number of carbonyl (C=O) groups is 1. The molecule has 9 nitrogen and oxygen atoms in total. The number of aliphatic hydroxyl groups excluding tert-OH is 3. The third-order valence-corrected chi connectivity index (χ3v) is 6.19. The second-order valence-corrected chi connectivity index (χ2v) is 10.0. The summed E-state index contributed by atoms with van der Waals surface area (Å²) >= 11 is 0. The molecule has 0 aromatic rings. The first-order valence-corrected chi connectivity index (χ1v) is 14.0. The Balaban J connectivity index is 3.52. The first kappa shape index (κ1) is 32.5. The Kier molecular flexibility index (Phi) is 21.6. The predicted molar refractivity (Wildman–Crippen MR) is 127 cm³/mol. The highest BCUT2D eigenvalue weighted by molar-refractivity contribution is 7.47. The number of phosphoric acid groups is 1. The zero-order chi connectivity index (χ0) is 24.8. The van der Waals surface area contributed by atoms with Gasteiger partial charge in [0.05, 0.1) is 19.8 Å². The minimum absolute atomic E-state index is 0.270. The molecule has 3 atom stereocenters. The lowest BCUT2D eigenvalue weighted by molar-refractivity contribution is -0.147. The Morgan fingerprint density at radius 2 is 1.15 bits per heavy atom. The Bertz CT molecular complexity index is 504. The zero-order valence-electron chi connectivity index (χ0n) is 20.4. The Hall–Kier alpha value is -0.540. The number of rotatable bonds is 24. The van der Waals surface area contributed by atoms with Crippen molar-refractivity contribution in [1.29, 1.82) is 0 Å². The number of esters is 1. The van der Waals surface area contributed by atoms with Crippen LogP contribution in [0.2, 0.25) is 0 Å². The van der Waals surface area contributed by atoms with Crippen molar-refractivity contribution in [2.45, 2.75) is 115 Å². The fourth-order valence-corrected chi connectivity index (χ4v) is 4.02. The van der Waals surface area contributed by atoms with E-state index in [0.717, 1.165) is 19.3 Å². The Morgan fingerprint density at radius 1 is 0.727 bits per heavy atom. The fraction of sp³-hybridized carbons (Fsp3) is 0.957. The van der Waals surface area contributed by atoms with Crippen molar-refractivity contribution in [2.24, 2.45) is 0 Å². The van der Waals surface area contributed by atoms with Crippen LogP contribution in [0.4, 0.5) is 0 Å². The van der Waals surface area contributed by atoms with Crippen LogP contribution in [0.15, 0.2) is 0 Å². The molecular weight excluding hydrogens is 451 g/mol. The molecule has 0 aliphatic heterocycles. The van der Waals surface area contributed by atoms with Gasteiger partial charge in [-0.2, -0.15) is 0 Å². The minimum atomic E-state index is -4.48. The molecular formula is C23H47O9P. The van der Waals surface area contributed by atoms with Crippen molar-refractivity contribution < 1.29 is 43.4 Å². The van der Waals surface area contributed by atoms with Gasteiger partial charge in [-0.15, -0.1) is 0 Å². The summed E-state index contributed by atoms with van der Waals surface area (Å²) in [5.41, 5.74) is 0. The molecule has 0 amide bonds. The highest BCUT2D eigenvalue weighted by Gasteiger charge is 2.24. The van der Waals surface area contributed by atoms with Crippen molar-refractivity contribution in [1.82, 2.24) is 0 Å². The summed E-state index contributed by atoms with van der Waals surface area (Å²) < 4.78 is 25.5. The van der Waals surface area contributed by atoms with E-state index >= 15 is 0 Å². The first-order chi connectivity index (χ1) is 15.8. The van der Waals surface area contributed by atoms with E-state index in [1.165, 1.54) is 70.6 Å². The van der Waals surface area contributed by atoms with Crippen molar-refractivity contribution in [3.8, 4) is 0 Å². The number of hydrogen-bond acceptors (Lipinski definition) is 8. The molecule has 0 aromatic heterocycles. The average molecular weight is 499 g/mol. The third kappa shape index (κ3) is 23.0. The molecule has 4 N–H and O–H groups in total. The molecule has 0 bridgehead atoms. The quantitative estimate of drug-likeness (QED) is 0.0872. The molecule has 10 heteroatoms. The maximum absolute atomic E-state index is 11.7. The Labute approximate surface area is 199 Å². The van der Waals surface area contributed by atoms with Gasteiger partial charge in [0.25, 0.3) is 0 Å². The van der Waals surface area contributed by atoms with Crippen molar-refractivity contribution in [3.05, 3.63) is 0 Å². The summed E-state index contributed by atoms with van der Waals surface area (Å²) in [4.78, 5) is 21.1. The molecule has 0 rings (SSSR count). The van der Waals surface area contributed by atoms with Gasteiger partial charge in [-0.25, -0.2) is 4.57 Å². The van der Waals surface area contributed by atoms with Crippen molar-refractivity contribution >= 4 is 13.8 Å². The first-order valence-electron chi connectivity index (χ1n) is 12.5. The highest BCUT2D eigenvalue weighted by Crippen LogP contribution is 2.43. The normalized spacial score (nSPS) is 15.2. The van der Waals surface area contributed by atoms with E-state index in [-0.39, 0.29) is 13.0 Å². The molecule has 33 heavy (non-hydrogen) atoms. The van der Waals surface area contributed by atoms with Gasteiger partial charge in [-0.3, -0.25) is 13.8 Å². The second kappa shape index (κ2) is 22.0. The fourth-order valence-electron chi connectivity index (χ4n) is 3.22. The summed E-state index contributed by atoms with van der Waals surface area (Å²) in [6.07, 6.45) is 15.0. The van der Waals surface area contributed by atoms with Gasteiger partial charge < -0.3 is 24.9 Å². The summed E-state index contributed by atoms with van der Waals surface area (Å²) in [6.45, 7) is 0.101. The molecule has 0 fully saturated rings. The molecule has 0 saturated carbocycles. The second-order valence-electron chi connectivity index (χ2n) is 8.58. The lowest BCUT2D eigenvalue weighted by atomic mass is 10.0. The lowest BCUT2D eigenvalue weighted by Crippen LogP contribution is -2.24. The van der Waals surface area contributed by atoms with Crippen LogP contribution < -0.4 is 0 Å². The number of unbranched alkanes of at least 4 members (excludes halogenated alkanes) is 13. The maximum Gasteiger partial charge on any atom is 0.472 e.